The minimum Gasteiger partial charge on any atom is -0.238 e. The second-order valence-corrected chi connectivity index (χ2v) is 6.97. The molecule has 0 fully saturated rings. The monoisotopic (exact) mass is 343 g/mol. The Kier molecular flexibility index (Phi) is 4.20. The van der Waals surface area contributed by atoms with Crippen LogP contribution in [-0.2, 0) is 0 Å². The summed E-state index contributed by atoms with van der Waals surface area (Å²) in [6, 6.07) is 20.3. The topological polar surface area (TPSA) is 38.7 Å². The number of aromatic nitrogens is 3. The van der Waals surface area contributed by atoms with E-state index in [9.17, 15) is 0 Å². The number of fused-ring (bicyclic) bond motifs is 1. The van der Waals surface area contributed by atoms with Gasteiger partial charge >= 0.3 is 0 Å². The maximum Gasteiger partial charge on any atom is 0.178 e. The van der Waals surface area contributed by atoms with E-state index in [1.165, 1.54) is 16.0 Å². The molecular weight excluding hydrogens is 326 g/mol. The van der Waals surface area contributed by atoms with Gasteiger partial charge in [-0.05, 0) is 43.2 Å². The van der Waals surface area contributed by atoms with Crippen molar-refractivity contribution in [1.82, 2.24) is 15.0 Å². The standard InChI is InChI=1S/C21H17N3S/c1-14-7-5-8-15(2)20(14)25-19-12-6-11-18(23-19)21-22-13-16-9-3-4-10-17(16)24-21/h3-13H,1-2H3. The number of nitrogens with zero attached hydrogens (tertiary/aromatic N) is 3. The molecule has 0 aliphatic heterocycles. The molecule has 4 heteroatoms. The Morgan fingerprint density at radius 3 is 2.36 bits per heavy atom. The minimum absolute atomic E-state index is 0.655. The fourth-order valence-corrected chi connectivity index (χ4v) is 3.71. The zero-order valence-electron chi connectivity index (χ0n) is 14.1. The second-order valence-electron chi connectivity index (χ2n) is 5.94. The summed E-state index contributed by atoms with van der Waals surface area (Å²) < 4.78 is 0. The smallest absolute Gasteiger partial charge is 0.178 e. The van der Waals surface area contributed by atoms with Gasteiger partial charge in [0.2, 0.25) is 0 Å². The van der Waals surface area contributed by atoms with Crippen LogP contribution in [-0.4, -0.2) is 15.0 Å². The Bertz CT molecular complexity index is 1040. The van der Waals surface area contributed by atoms with Crippen LogP contribution < -0.4 is 0 Å². The van der Waals surface area contributed by atoms with E-state index < -0.39 is 0 Å². The van der Waals surface area contributed by atoms with Gasteiger partial charge < -0.3 is 0 Å². The number of benzene rings is 2. The lowest BCUT2D eigenvalue weighted by Crippen LogP contribution is -1.94. The van der Waals surface area contributed by atoms with Gasteiger partial charge in [-0.15, -0.1) is 0 Å². The summed E-state index contributed by atoms with van der Waals surface area (Å²) in [4.78, 5) is 15.1. The molecule has 2 aromatic heterocycles. The van der Waals surface area contributed by atoms with E-state index in [0.717, 1.165) is 21.6 Å². The van der Waals surface area contributed by atoms with E-state index in [2.05, 4.69) is 42.0 Å². The Hall–Kier alpha value is -2.72. The third-order valence-electron chi connectivity index (χ3n) is 4.06. The fraction of sp³-hybridized carbons (Fsp3) is 0.0952. The van der Waals surface area contributed by atoms with Crippen molar-refractivity contribution in [3.8, 4) is 11.5 Å². The van der Waals surface area contributed by atoms with Crippen molar-refractivity contribution in [2.24, 2.45) is 0 Å². The Balaban J connectivity index is 1.71. The molecule has 0 N–H and O–H groups in total. The molecule has 0 atom stereocenters. The first-order valence-electron chi connectivity index (χ1n) is 8.14. The van der Waals surface area contributed by atoms with Gasteiger partial charge in [-0.3, -0.25) is 0 Å². The average molecular weight is 343 g/mol. The summed E-state index contributed by atoms with van der Waals surface area (Å²) in [5, 5.41) is 1.99. The van der Waals surface area contributed by atoms with E-state index in [1.807, 2.05) is 48.7 Å². The van der Waals surface area contributed by atoms with Gasteiger partial charge in [0.1, 0.15) is 10.7 Å². The summed E-state index contributed by atoms with van der Waals surface area (Å²) in [5.41, 5.74) is 4.25. The molecule has 122 valence electrons. The summed E-state index contributed by atoms with van der Waals surface area (Å²) in [7, 11) is 0. The molecule has 2 heterocycles. The van der Waals surface area contributed by atoms with E-state index in [-0.39, 0.29) is 0 Å². The molecule has 0 aliphatic carbocycles. The van der Waals surface area contributed by atoms with Crippen LogP contribution in [0.25, 0.3) is 22.4 Å². The first kappa shape index (κ1) is 15.8. The van der Waals surface area contributed by atoms with Gasteiger partial charge in [0, 0.05) is 16.5 Å². The number of aryl methyl sites for hydroxylation is 2. The van der Waals surface area contributed by atoms with Crippen LogP contribution in [0.5, 0.6) is 0 Å². The Morgan fingerprint density at radius 2 is 1.52 bits per heavy atom. The second kappa shape index (κ2) is 6.65. The first-order valence-corrected chi connectivity index (χ1v) is 8.96. The summed E-state index contributed by atoms with van der Waals surface area (Å²) in [6.45, 7) is 4.26. The molecule has 0 radical (unpaired) electrons. The van der Waals surface area contributed by atoms with Crippen LogP contribution in [0.3, 0.4) is 0 Å². The quantitative estimate of drug-likeness (QED) is 0.495. The third kappa shape index (κ3) is 3.26. The molecule has 0 unspecified atom stereocenters. The lowest BCUT2D eigenvalue weighted by atomic mass is 10.2. The van der Waals surface area contributed by atoms with E-state index in [1.54, 1.807) is 11.8 Å². The number of hydrogen-bond donors (Lipinski definition) is 0. The molecule has 0 bridgehead atoms. The van der Waals surface area contributed by atoms with Gasteiger partial charge in [0.15, 0.2) is 5.82 Å². The highest BCUT2D eigenvalue weighted by Gasteiger charge is 2.09. The molecule has 4 aromatic rings. The van der Waals surface area contributed by atoms with Gasteiger partial charge in [0.25, 0.3) is 0 Å². The summed E-state index contributed by atoms with van der Waals surface area (Å²) >= 11 is 1.69. The van der Waals surface area contributed by atoms with Gasteiger partial charge in [-0.2, -0.15) is 0 Å². The normalized spacial score (nSPS) is 11.0. The predicted molar refractivity (Wildman–Crippen MR) is 103 cm³/mol. The fourth-order valence-electron chi connectivity index (χ4n) is 2.76. The van der Waals surface area contributed by atoms with Crippen LogP contribution in [0.15, 0.2) is 76.8 Å². The van der Waals surface area contributed by atoms with Crippen LogP contribution in [0.1, 0.15) is 11.1 Å². The molecule has 4 rings (SSSR count). The van der Waals surface area contributed by atoms with Crippen LogP contribution in [0.4, 0.5) is 0 Å². The summed E-state index contributed by atoms with van der Waals surface area (Å²) in [6.07, 6.45) is 1.85. The average Bonchev–Trinajstić information content (AvgIpc) is 2.65. The highest BCUT2D eigenvalue weighted by molar-refractivity contribution is 7.99. The van der Waals surface area contributed by atoms with E-state index in [4.69, 9.17) is 4.98 Å². The maximum atomic E-state index is 4.77. The molecule has 0 aliphatic rings. The number of pyridine rings is 1. The Morgan fingerprint density at radius 1 is 0.760 bits per heavy atom. The van der Waals surface area contributed by atoms with Crippen molar-refractivity contribution >= 4 is 22.7 Å². The molecule has 0 amide bonds. The van der Waals surface area contributed by atoms with Crippen LogP contribution in [0, 0.1) is 13.8 Å². The first-order chi connectivity index (χ1) is 12.2. The molecule has 25 heavy (non-hydrogen) atoms. The molecule has 0 spiro atoms. The highest BCUT2D eigenvalue weighted by Crippen LogP contribution is 2.32. The van der Waals surface area contributed by atoms with Gasteiger partial charge in [-0.1, -0.05) is 54.2 Å². The SMILES string of the molecule is Cc1cccc(C)c1Sc1cccc(-c2ncc3ccccc3n2)n1. The van der Waals surface area contributed by atoms with Gasteiger partial charge in [-0.25, -0.2) is 15.0 Å². The lowest BCUT2D eigenvalue weighted by Gasteiger charge is -2.09. The lowest BCUT2D eigenvalue weighted by molar-refractivity contribution is 1.09. The number of hydrogen-bond acceptors (Lipinski definition) is 4. The largest absolute Gasteiger partial charge is 0.238 e. The maximum absolute atomic E-state index is 4.77. The molecule has 3 nitrogen and oxygen atoms in total. The zero-order valence-corrected chi connectivity index (χ0v) is 14.9. The molecule has 0 saturated carbocycles. The van der Waals surface area contributed by atoms with Crippen LogP contribution in [0.2, 0.25) is 0 Å². The predicted octanol–water partition coefficient (Wildman–Crippen LogP) is 5.46. The van der Waals surface area contributed by atoms with Crippen molar-refractivity contribution in [3.63, 3.8) is 0 Å². The van der Waals surface area contributed by atoms with E-state index >= 15 is 0 Å². The van der Waals surface area contributed by atoms with Gasteiger partial charge in [0.05, 0.1) is 5.52 Å². The van der Waals surface area contributed by atoms with Crippen molar-refractivity contribution in [2.45, 2.75) is 23.8 Å². The minimum atomic E-state index is 0.655. The summed E-state index contributed by atoms with van der Waals surface area (Å²) in [5.74, 6) is 0.655. The molecule has 0 saturated heterocycles. The highest BCUT2D eigenvalue weighted by atomic mass is 32.2. The van der Waals surface area contributed by atoms with Crippen LogP contribution >= 0.6 is 11.8 Å². The third-order valence-corrected chi connectivity index (χ3v) is 5.34. The molecule has 2 aromatic carbocycles. The van der Waals surface area contributed by atoms with Crippen molar-refractivity contribution < 1.29 is 0 Å². The Labute approximate surface area is 151 Å². The number of para-hydroxylation sites is 1. The van der Waals surface area contributed by atoms with Crippen molar-refractivity contribution in [2.75, 3.05) is 0 Å². The van der Waals surface area contributed by atoms with Crippen molar-refractivity contribution in [3.05, 3.63) is 78.0 Å². The van der Waals surface area contributed by atoms with Crippen molar-refractivity contribution in [1.29, 1.82) is 0 Å². The number of rotatable bonds is 3. The molecular formula is C21H17N3S. The zero-order chi connectivity index (χ0) is 17.2. The van der Waals surface area contributed by atoms with E-state index in [0.29, 0.717) is 5.82 Å².